The van der Waals surface area contributed by atoms with E-state index in [1.54, 1.807) is 0 Å². The van der Waals surface area contributed by atoms with Crippen molar-refractivity contribution in [1.82, 2.24) is 5.43 Å². The molecule has 96 valence electrons. The Hall–Kier alpha value is -0.570. The first-order valence-electron chi connectivity index (χ1n) is 6.41. The number of hydrogen-bond acceptors (Lipinski definition) is 2. The molecule has 0 aliphatic heterocycles. The highest BCUT2D eigenvalue weighted by Gasteiger charge is 2.13. The fourth-order valence-corrected chi connectivity index (χ4v) is 2.30. The molecule has 0 saturated heterocycles. The van der Waals surface area contributed by atoms with E-state index in [1.165, 1.54) is 25.7 Å². The lowest BCUT2D eigenvalue weighted by molar-refractivity contribution is 0.482. The van der Waals surface area contributed by atoms with E-state index in [9.17, 15) is 0 Å². The Labute approximate surface area is 110 Å². The molecule has 0 fully saturated rings. The predicted octanol–water partition coefficient (Wildman–Crippen LogP) is 4.12. The monoisotopic (exact) mass is 254 g/mol. The van der Waals surface area contributed by atoms with Crippen LogP contribution in [0, 0.1) is 6.92 Å². The first-order valence-corrected chi connectivity index (χ1v) is 6.79. The molecule has 0 saturated carbocycles. The van der Waals surface area contributed by atoms with Gasteiger partial charge in [-0.1, -0.05) is 62.4 Å². The van der Waals surface area contributed by atoms with Gasteiger partial charge in [-0.2, -0.15) is 0 Å². The Balaban J connectivity index is 2.63. The first kappa shape index (κ1) is 14.5. The molecule has 1 aromatic carbocycles. The second-order valence-electron chi connectivity index (χ2n) is 4.55. The van der Waals surface area contributed by atoms with Crippen LogP contribution in [0.5, 0.6) is 0 Å². The Kier molecular flexibility index (Phi) is 6.56. The van der Waals surface area contributed by atoms with Crippen LogP contribution in [0.25, 0.3) is 0 Å². The highest BCUT2D eigenvalue weighted by atomic mass is 35.5. The molecule has 3 heteroatoms. The van der Waals surface area contributed by atoms with Crippen LogP contribution in [0.1, 0.15) is 56.2 Å². The number of hydrogen-bond donors (Lipinski definition) is 2. The predicted molar refractivity (Wildman–Crippen MR) is 75.0 cm³/mol. The molecule has 0 radical (unpaired) electrons. The van der Waals surface area contributed by atoms with Gasteiger partial charge in [-0.25, -0.2) is 0 Å². The molecule has 17 heavy (non-hydrogen) atoms. The molecule has 1 rings (SSSR count). The number of nitrogens with one attached hydrogen (secondary N) is 1. The first-order chi connectivity index (χ1) is 8.20. The summed E-state index contributed by atoms with van der Waals surface area (Å²) in [6.45, 7) is 4.24. The number of rotatable bonds is 7. The van der Waals surface area contributed by atoms with Crippen molar-refractivity contribution in [2.75, 3.05) is 0 Å². The summed E-state index contributed by atoms with van der Waals surface area (Å²) in [6.07, 6.45) is 6.04. The molecule has 1 unspecified atom stereocenters. The zero-order valence-corrected chi connectivity index (χ0v) is 11.6. The normalized spacial score (nSPS) is 12.7. The van der Waals surface area contributed by atoms with Crippen LogP contribution in [0.15, 0.2) is 18.2 Å². The van der Waals surface area contributed by atoms with E-state index in [0.717, 1.165) is 22.6 Å². The molecule has 0 spiro atoms. The van der Waals surface area contributed by atoms with Gasteiger partial charge in [-0.3, -0.25) is 11.3 Å². The summed E-state index contributed by atoms with van der Waals surface area (Å²) in [5.74, 6) is 5.63. The van der Waals surface area contributed by atoms with E-state index in [-0.39, 0.29) is 6.04 Å². The van der Waals surface area contributed by atoms with Crippen LogP contribution in [-0.2, 0) is 0 Å². The van der Waals surface area contributed by atoms with Crippen molar-refractivity contribution in [2.45, 2.75) is 52.0 Å². The van der Waals surface area contributed by atoms with Crippen LogP contribution in [0.4, 0.5) is 0 Å². The minimum Gasteiger partial charge on any atom is -0.271 e. The van der Waals surface area contributed by atoms with Gasteiger partial charge in [-0.15, -0.1) is 0 Å². The summed E-state index contributed by atoms with van der Waals surface area (Å²) in [4.78, 5) is 0. The van der Waals surface area contributed by atoms with Gasteiger partial charge in [0.25, 0.3) is 0 Å². The van der Waals surface area contributed by atoms with Crippen molar-refractivity contribution in [2.24, 2.45) is 5.84 Å². The molecule has 1 atom stereocenters. The molecule has 0 aromatic heterocycles. The van der Waals surface area contributed by atoms with Gasteiger partial charge < -0.3 is 0 Å². The molecular formula is C14H23ClN2. The van der Waals surface area contributed by atoms with Gasteiger partial charge in [0.1, 0.15) is 0 Å². The molecule has 0 amide bonds. The zero-order valence-electron chi connectivity index (χ0n) is 10.8. The van der Waals surface area contributed by atoms with Crippen LogP contribution in [0.3, 0.4) is 0 Å². The molecule has 0 bridgehead atoms. The maximum atomic E-state index is 6.31. The highest BCUT2D eigenvalue weighted by Crippen LogP contribution is 2.28. The summed E-state index contributed by atoms with van der Waals surface area (Å²) < 4.78 is 0. The summed E-state index contributed by atoms with van der Waals surface area (Å²) in [7, 11) is 0. The maximum Gasteiger partial charge on any atom is 0.0483 e. The van der Waals surface area contributed by atoms with Crippen molar-refractivity contribution < 1.29 is 0 Å². The van der Waals surface area contributed by atoms with E-state index in [2.05, 4.69) is 18.4 Å². The molecule has 0 aliphatic rings. The highest BCUT2D eigenvalue weighted by molar-refractivity contribution is 6.32. The van der Waals surface area contributed by atoms with Crippen molar-refractivity contribution in [3.63, 3.8) is 0 Å². The van der Waals surface area contributed by atoms with Gasteiger partial charge in [0.2, 0.25) is 0 Å². The fourth-order valence-electron chi connectivity index (χ4n) is 2.04. The van der Waals surface area contributed by atoms with E-state index >= 15 is 0 Å². The largest absolute Gasteiger partial charge is 0.271 e. The van der Waals surface area contributed by atoms with Gasteiger partial charge in [0.05, 0.1) is 0 Å². The molecule has 3 N–H and O–H groups in total. The van der Waals surface area contributed by atoms with Crippen molar-refractivity contribution in [3.05, 3.63) is 34.3 Å². The number of benzene rings is 1. The molecule has 0 heterocycles. The number of hydrazine groups is 1. The molecule has 2 nitrogen and oxygen atoms in total. The third-order valence-electron chi connectivity index (χ3n) is 3.14. The Bertz CT molecular complexity index is 339. The number of aryl methyl sites for hydroxylation is 1. The van der Waals surface area contributed by atoms with E-state index in [4.69, 9.17) is 17.4 Å². The quantitative estimate of drug-likeness (QED) is 0.436. The Morgan fingerprint density at radius 3 is 2.71 bits per heavy atom. The van der Waals surface area contributed by atoms with Crippen molar-refractivity contribution >= 4 is 11.6 Å². The topological polar surface area (TPSA) is 38.0 Å². The fraction of sp³-hybridized carbons (Fsp3) is 0.571. The number of halogens is 1. The SMILES string of the molecule is CCCCCCC(NN)c1cccc(C)c1Cl. The second kappa shape index (κ2) is 7.70. The van der Waals surface area contributed by atoms with Crippen molar-refractivity contribution in [1.29, 1.82) is 0 Å². The van der Waals surface area contributed by atoms with E-state index in [1.807, 2.05) is 19.1 Å². The Morgan fingerprint density at radius 1 is 1.29 bits per heavy atom. The lowest BCUT2D eigenvalue weighted by Gasteiger charge is -2.18. The molecular weight excluding hydrogens is 232 g/mol. The second-order valence-corrected chi connectivity index (χ2v) is 4.92. The molecule has 0 aliphatic carbocycles. The van der Waals surface area contributed by atoms with Gasteiger partial charge in [0.15, 0.2) is 0 Å². The van der Waals surface area contributed by atoms with Crippen LogP contribution in [0.2, 0.25) is 5.02 Å². The number of unbranched alkanes of at least 4 members (excludes halogenated alkanes) is 3. The van der Waals surface area contributed by atoms with Crippen molar-refractivity contribution in [3.8, 4) is 0 Å². The zero-order chi connectivity index (χ0) is 12.7. The standard InChI is InChI=1S/C14H23ClN2/c1-3-4-5-6-10-13(17-16)12-9-7-8-11(2)14(12)15/h7-9,13,17H,3-6,10,16H2,1-2H3. The minimum atomic E-state index is 0.166. The van der Waals surface area contributed by atoms with Gasteiger partial charge in [0, 0.05) is 11.1 Å². The molecule has 1 aromatic rings. The Morgan fingerprint density at radius 2 is 2.06 bits per heavy atom. The average Bonchev–Trinajstić information content (AvgIpc) is 2.34. The lowest BCUT2D eigenvalue weighted by Crippen LogP contribution is -2.28. The third-order valence-corrected chi connectivity index (χ3v) is 3.66. The maximum absolute atomic E-state index is 6.31. The smallest absolute Gasteiger partial charge is 0.0483 e. The lowest BCUT2D eigenvalue weighted by atomic mass is 9.99. The summed E-state index contributed by atoms with van der Waals surface area (Å²) in [5, 5.41) is 0.839. The van der Waals surface area contributed by atoms with Crippen LogP contribution >= 0.6 is 11.6 Å². The third kappa shape index (κ3) is 4.30. The van der Waals surface area contributed by atoms with E-state index < -0.39 is 0 Å². The van der Waals surface area contributed by atoms with Gasteiger partial charge >= 0.3 is 0 Å². The minimum absolute atomic E-state index is 0.166. The number of nitrogens with two attached hydrogens (primary N) is 1. The van der Waals surface area contributed by atoms with E-state index in [0.29, 0.717) is 0 Å². The van der Waals surface area contributed by atoms with Crippen LogP contribution < -0.4 is 11.3 Å². The summed E-state index contributed by atoms with van der Waals surface area (Å²) in [6, 6.07) is 6.28. The average molecular weight is 255 g/mol. The summed E-state index contributed by atoms with van der Waals surface area (Å²) >= 11 is 6.31. The van der Waals surface area contributed by atoms with Crippen LogP contribution in [-0.4, -0.2) is 0 Å². The van der Waals surface area contributed by atoms with Gasteiger partial charge in [-0.05, 0) is 24.5 Å². The summed E-state index contributed by atoms with van der Waals surface area (Å²) in [5.41, 5.74) is 5.10.